The van der Waals surface area contributed by atoms with Crippen LogP contribution < -0.4 is 5.32 Å². The van der Waals surface area contributed by atoms with Crippen LogP contribution in [0.4, 0.5) is 0 Å². The number of carbonyl (C=O) groups excluding carboxylic acids is 1. The second-order valence-electron chi connectivity index (χ2n) is 7.43. The summed E-state index contributed by atoms with van der Waals surface area (Å²) >= 11 is 0. The summed E-state index contributed by atoms with van der Waals surface area (Å²) in [5.74, 6) is 0.293. The molecule has 0 unspecified atom stereocenters. The van der Waals surface area contributed by atoms with Crippen molar-refractivity contribution in [2.45, 2.75) is 89.8 Å². The van der Waals surface area contributed by atoms with E-state index in [4.69, 9.17) is 0 Å². The van der Waals surface area contributed by atoms with Crippen LogP contribution >= 0.6 is 0 Å². The van der Waals surface area contributed by atoms with Gasteiger partial charge in [-0.2, -0.15) is 0 Å². The third kappa shape index (κ3) is 3.13. The molecule has 0 aromatic carbocycles. The minimum atomic E-state index is -0.417. The van der Waals surface area contributed by atoms with Gasteiger partial charge in [0, 0.05) is 11.6 Å². The zero-order chi connectivity index (χ0) is 14.1. The van der Waals surface area contributed by atoms with Gasteiger partial charge in [0.15, 0.2) is 0 Å². The van der Waals surface area contributed by atoms with Gasteiger partial charge in [0.1, 0.15) is 0 Å². The predicted molar refractivity (Wildman–Crippen MR) is 79.1 cm³/mol. The van der Waals surface area contributed by atoms with Gasteiger partial charge >= 0.3 is 0 Å². The van der Waals surface area contributed by atoms with Crippen LogP contribution in [-0.2, 0) is 4.79 Å². The van der Waals surface area contributed by atoms with Gasteiger partial charge in [0.2, 0.25) is 5.91 Å². The molecule has 0 aromatic rings. The molecule has 0 spiro atoms. The molecule has 2 fully saturated rings. The largest absolute Gasteiger partial charge is 0.333 e. The van der Waals surface area contributed by atoms with Crippen molar-refractivity contribution in [2.24, 2.45) is 0 Å². The van der Waals surface area contributed by atoms with E-state index in [1.54, 1.807) is 0 Å². The molecular weight excluding hydrogens is 236 g/mol. The maximum absolute atomic E-state index is 13.0. The van der Waals surface area contributed by atoms with E-state index in [1.165, 1.54) is 38.5 Å². The first kappa shape index (κ1) is 14.8. The lowest BCUT2D eigenvalue weighted by atomic mass is 9.92. The van der Waals surface area contributed by atoms with Gasteiger partial charge in [-0.1, -0.05) is 25.7 Å². The fraction of sp³-hybridized carbons (Fsp3) is 0.938. The summed E-state index contributed by atoms with van der Waals surface area (Å²) in [6, 6.07) is 0.448. The van der Waals surface area contributed by atoms with E-state index in [-0.39, 0.29) is 5.54 Å². The van der Waals surface area contributed by atoms with Gasteiger partial charge in [-0.05, 0) is 53.5 Å². The molecule has 0 bridgehead atoms. The first-order chi connectivity index (χ1) is 8.84. The molecule has 1 aliphatic heterocycles. The SMILES string of the molecule is CC1(C)NCCC(C)(C)N(C2CCCCCC2)C1=O. The normalized spacial score (nSPS) is 28.8. The van der Waals surface area contributed by atoms with Gasteiger partial charge < -0.3 is 10.2 Å². The van der Waals surface area contributed by atoms with Crippen molar-refractivity contribution >= 4 is 5.91 Å². The highest BCUT2D eigenvalue weighted by atomic mass is 16.2. The topological polar surface area (TPSA) is 32.3 Å². The fourth-order valence-electron chi connectivity index (χ4n) is 3.63. The van der Waals surface area contributed by atoms with Crippen molar-refractivity contribution in [1.82, 2.24) is 10.2 Å². The van der Waals surface area contributed by atoms with Gasteiger partial charge in [0.05, 0.1) is 5.54 Å². The molecule has 1 N–H and O–H groups in total. The van der Waals surface area contributed by atoms with E-state index in [0.29, 0.717) is 11.9 Å². The van der Waals surface area contributed by atoms with Gasteiger partial charge in [-0.25, -0.2) is 0 Å². The molecule has 0 aromatic heterocycles. The van der Waals surface area contributed by atoms with Crippen molar-refractivity contribution in [3.8, 4) is 0 Å². The standard InChI is InChI=1S/C16H30N2O/c1-15(2)11-12-17-16(3,4)14(19)18(15)13-9-7-5-6-8-10-13/h13,17H,5-12H2,1-4H3. The third-order valence-electron chi connectivity index (χ3n) is 4.90. The number of rotatable bonds is 1. The lowest BCUT2D eigenvalue weighted by molar-refractivity contribution is -0.144. The van der Waals surface area contributed by atoms with E-state index >= 15 is 0 Å². The maximum atomic E-state index is 13.0. The van der Waals surface area contributed by atoms with Crippen LogP contribution in [0.25, 0.3) is 0 Å². The number of amides is 1. The molecule has 110 valence electrons. The second kappa shape index (κ2) is 5.43. The molecule has 0 atom stereocenters. The Hall–Kier alpha value is -0.570. The van der Waals surface area contributed by atoms with E-state index in [9.17, 15) is 4.79 Å². The van der Waals surface area contributed by atoms with Crippen LogP contribution in [0.15, 0.2) is 0 Å². The number of carbonyl (C=O) groups is 1. The van der Waals surface area contributed by atoms with E-state index in [2.05, 4.69) is 24.1 Å². The molecule has 1 saturated carbocycles. The number of hydrogen-bond acceptors (Lipinski definition) is 2. The molecular formula is C16H30N2O. The summed E-state index contributed by atoms with van der Waals surface area (Å²) in [6.45, 7) is 9.45. The van der Waals surface area contributed by atoms with Crippen LogP contribution in [0.1, 0.15) is 72.6 Å². The molecule has 1 amide bonds. The first-order valence-corrected chi connectivity index (χ1v) is 7.93. The Labute approximate surface area is 118 Å². The number of nitrogens with one attached hydrogen (secondary N) is 1. The second-order valence-corrected chi connectivity index (χ2v) is 7.43. The Bertz CT molecular complexity index is 328. The van der Waals surface area contributed by atoms with Crippen molar-refractivity contribution in [2.75, 3.05) is 6.54 Å². The maximum Gasteiger partial charge on any atom is 0.242 e. The number of hydrogen-bond donors (Lipinski definition) is 1. The van der Waals surface area contributed by atoms with Gasteiger partial charge in [-0.15, -0.1) is 0 Å². The lowest BCUT2D eigenvalue weighted by Gasteiger charge is -2.44. The Balaban J connectivity index is 2.27. The smallest absolute Gasteiger partial charge is 0.242 e. The Morgan fingerprint density at radius 3 is 2.21 bits per heavy atom. The Morgan fingerprint density at radius 1 is 1.05 bits per heavy atom. The van der Waals surface area contributed by atoms with Crippen molar-refractivity contribution in [1.29, 1.82) is 0 Å². The highest BCUT2D eigenvalue weighted by Gasteiger charge is 2.44. The van der Waals surface area contributed by atoms with Crippen LogP contribution in [0.2, 0.25) is 0 Å². The quantitative estimate of drug-likeness (QED) is 0.740. The molecule has 19 heavy (non-hydrogen) atoms. The monoisotopic (exact) mass is 266 g/mol. The van der Waals surface area contributed by atoms with Gasteiger partial charge in [0.25, 0.3) is 0 Å². The molecule has 1 aliphatic carbocycles. The summed E-state index contributed by atoms with van der Waals surface area (Å²) < 4.78 is 0. The molecule has 0 radical (unpaired) electrons. The van der Waals surface area contributed by atoms with Crippen molar-refractivity contribution in [3.63, 3.8) is 0 Å². The molecule has 3 heteroatoms. The third-order valence-corrected chi connectivity index (χ3v) is 4.90. The van der Waals surface area contributed by atoms with E-state index < -0.39 is 5.54 Å². The fourth-order valence-corrected chi connectivity index (χ4v) is 3.63. The minimum absolute atomic E-state index is 0.0210. The summed E-state index contributed by atoms with van der Waals surface area (Å²) in [7, 11) is 0. The van der Waals surface area contributed by atoms with Crippen LogP contribution in [0, 0.1) is 0 Å². The van der Waals surface area contributed by atoms with Crippen LogP contribution in [0.5, 0.6) is 0 Å². The van der Waals surface area contributed by atoms with Crippen LogP contribution in [-0.4, -0.2) is 34.5 Å². The summed E-state index contributed by atoms with van der Waals surface area (Å²) in [4.78, 5) is 15.2. The highest BCUT2D eigenvalue weighted by Crippen LogP contribution is 2.33. The average Bonchev–Trinajstić information content (AvgIpc) is 2.59. The zero-order valence-corrected chi connectivity index (χ0v) is 13.1. The molecule has 1 saturated heterocycles. The van der Waals surface area contributed by atoms with E-state index in [0.717, 1.165) is 13.0 Å². The van der Waals surface area contributed by atoms with Crippen molar-refractivity contribution in [3.05, 3.63) is 0 Å². The molecule has 2 rings (SSSR count). The number of nitrogens with zero attached hydrogens (tertiary/aromatic N) is 1. The van der Waals surface area contributed by atoms with Crippen molar-refractivity contribution < 1.29 is 4.79 Å². The summed E-state index contributed by atoms with van der Waals surface area (Å²) in [5, 5.41) is 3.42. The molecule has 2 aliphatic rings. The summed E-state index contributed by atoms with van der Waals surface area (Å²) in [6.07, 6.45) is 8.63. The minimum Gasteiger partial charge on any atom is -0.333 e. The first-order valence-electron chi connectivity index (χ1n) is 7.93. The lowest BCUT2D eigenvalue weighted by Crippen LogP contribution is -2.59. The summed E-state index contributed by atoms with van der Waals surface area (Å²) in [5.41, 5.74) is -0.438. The van der Waals surface area contributed by atoms with Gasteiger partial charge in [-0.3, -0.25) is 4.79 Å². The van der Waals surface area contributed by atoms with E-state index in [1.807, 2.05) is 13.8 Å². The van der Waals surface area contributed by atoms with Crippen LogP contribution in [0.3, 0.4) is 0 Å². The Kier molecular flexibility index (Phi) is 4.24. The molecule has 3 nitrogen and oxygen atoms in total. The Morgan fingerprint density at radius 2 is 1.63 bits per heavy atom. The molecule has 1 heterocycles. The zero-order valence-electron chi connectivity index (χ0n) is 13.1. The average molecular weight is 266 g/mol. The highest BCUT2D eigenvalue weighted by molar-refractivity contribution is 5.86. The predicted octanol–water partition coefficient (Wildman–Crippen LogP) is 3.09.